The lowest BCUT2D eigenvalue weighted by molar-refractivity contribution is -0.138. The number of nitrogens with zero attached hydrogens (tertiary/aromatic N) is 1. The van der Waals surface area contributed by atoms with Crippen LogP contribution in [0.15, 0.2) is 35.7 Å². The zero-order chi connectivity index (χ0) is 15.0. The molecule has 22 heavy (non-hydrogen) atoms. The first-order valence-corrected chi connectivity index (χ1v) is 8.11. The van der Waals surface area contributed by atoms with E-state index in [0.717, 1.165) is 12.1 Å². The quantitative estimate of drug-likeness (QED) is 0.817. The SMILES string of the molecule is Br.CC1CN(CC(=O)O)[C@H](c2ccccc2Cl)c2ccsc21. The zero-order valence-electron chi connectivity index (χ0n) is 12.0. The highest BCUT2D eigenvalue weighted by Gasteiger charge is 2.35. The molecule has 0 fully saturated rings. The molecule has 2 atom stereocenters. The van der Waals surface area contributed by atoms with Crippen molar-refractivity contribution in [1.82, 2.24) is 4.90 Å². The number of carbonyl (C=O) groups is 1. The van der Waals surface area contributed by atoms with E-state index in [4.69, 9.17) is 11.6 Å². The maximum absolute atomic E-state index is 11.2. The van der Waals surface area contributed by atoms with Crippen LogP contribution in [0.5, 0.6) is 0 Å². The highest BCUT2D eigenvalue weighted by molar-refractivity contribution is 8.93. The van der Waals surface area contributed by atoms with E-state index in [1.807, 2.05) is 29.2 Å². The monoisotopic (exact) mass is 401 g/mol. The second kappa shape index (κ2) is 7.13. The number of carboxylic acid groups (broad SMARTS) is 1. The van der Waals surface area contributed by atoms with Crippen molar-refractivity contribution in [2.75, 3.05) is 13.1 Å². The van der Waals surface area contributed by atoms with Crippen LogP contribution in [0.2, 0.25) is 5.02 Å². The highest BCUT2D eigenvalue weighted by atomic mass is 79.9. The maximum atomic E-state index is 11.2. The molecular formula is C16H17BrClNO2S. The molecule has 0 aliphatic carbocycles. The number of thiophene rings is 1. The smallest absolute Gasteiger partial charge is 0.317 e. The van der Waals surface area contributed by atoms with Crippen LogP contribution >= 0.6 is 39.9 Å². The molecule has 0 amide bonds. The van der Waals surface area contributed by atoms with Gasteiger partial charge in [0.05, 0.1) is 12.6 Å². The Labute approximate surface area is 149 Å². The van der Waals surface area contributed by atoms with Crippen LogP contribution in [0.4, 0.5) is 0 Å². The van der Waals surface area contributed by atoms with Crippen molar-refractivity contribution in [3.05, 3.63) is 56.7 Å². The van der Waals surface area contributed by atoms with Crippen LogP contribution in [-0.2, 0) is 4.79 Å². The third kappa shape index (κ3) is 3.23. The fraction of sp³-hybridized carbons (Fsp3) is 0.312. The Kier molecular flexibility index (Phi) is 5.66. The van der Waals surface area contributed by atoms with E-state index in [1.54, 1.807) is 11.3 Å². The molecule has 3 nitrogen and oxygen atoms in total. The predicted molar refractivity (Wildman–Crippen MR) is 95.6 cm³/mol. The molecule has 0 radical (unpaired) electrons. The van der Waals surface area contributed by atoms with E-state index in [2.05, 4.69) is 18.4 Å². The van der Waals surface area contributed by atoms with Gasteiger partial charge in [0.1, 0.15) is 0 Å². The molecule has 1 N–H and O–H groups in total. The molecule has 118 valence electrons. The summed E-state index contributed by atoms with van der Waals surface area (Å²) in [5, 5.41) is 12.0. The number of hydrogen-bond donors (Lipinski definition) is 1. The minimum Gasteiger partial charge on any atom is -0.480 e. The molecule has 0 saturated carbocycles. The van der Waals surface area contributed by atoms with Crippen molar-refractivity contribution in [3.8, 4) is 0 Å². The van der Waals surface area contributed by atoms with Crippen molar-refractivity contribution < 1.29 is 9.90 Å². The first-order chi connectivity index (χ1) is 10.1. The van der Waals surface area contributed by atoms with Crippen molar-refractivity contribution in [1.29, 1.82) is 0 Å². The Balaban J connectivity index is 0.00000176. The van der Waals surface area contributed by atoms with Gasteiger partial charge in [-0.2, -0.15) is 0 Å². The third-order valence-electron chi connectivity index (χ3n) is 3.88. The molecule has 0 saturated heterocycles. The molecule has 2 aromatic rings. The van der Waals surface area contributed by atoms with E-state index in [9.17, 15) is 9.90 Å². The lowest BCUT2D eigenvalue weighted by atomic mass is 9.89. The topological polar surface area (TPSA) is 40.5 Å². The molecule has 1 aromatic heterocycles. The molecule has 6 heteroatoms. The van der Waals surface area contributed by atoms with Crippen molar-refractivity contribution in [2.24, 2.45) is 0 Å². The van der Waals surface area contributed by atoms with Gasteiger partial charge in [-0.3, -0.25) is 9.69 Å². The van der Waals surface area contributed by atoms with E-state index in [0.29, 0.717) is 10.9 Å². The Hall–Kier alpha value is -0.880. The maximum Gasteiger partial charge on any atom is 0.317 e. The van der Waals surface area contributed by atoms with Crippen LogP contribution in [0.1, 0.15) is 34.9 Å². The molecule has 2 heterocycles. The van der Waals surface area contributed by atoms with Gasteiger partial charge >= 0.3 is 5.97 Å². The van der Waals surface area contributed by atoms with Crippen molar-refractivity contribution in [3.63, 3.8) is 0 Å². The number of hydrogen-bond acceptors (Lipinski definition) is 3. The number of halogens is 2. The molecule has 0 bridgehead atoms. The summed E-state index contributed by atoms with van der Waals surface area (Å²) in [7, 11) is 0. The van der Waals surface area contributed by atoms with Gasteiger partial charge in [-0.25, -0.2) is 0 Å². The average molecular weight is 403 g/mol. The first kappa shape index (κ1) is 17.5. The van der Waals surface area contributed by atoms with Gasteiger partial charge in [0.15, 0.2) is 0 Å². The summed E-state index contributed by atoms with van der Waals surface area (Å²) < 4.78 is 0. The minimum absolute atomic E-state index is 0. The summed E-state index contributed by atoms with van der Waals surface area (Å²) in [5.41, 5.74) is 2.17. The Bertz CT molecular complexity index is 676. The third-order valence-corrected chi connectivity index (χ3v) is 5.39. The Morgan fingerprint density at radius 3 is 2.77 bits per heavy atom. The number of fused-ring (bicyclic) bond motifs is 1. The van der Waals surface area contributed by atoms with Crippen LogP contribution < -0.4 is 0 Å². The first-order valence-electron chi connectivity index (χ1n) is 6.85. The summed E-state index contributed by atoms with van der Waals surface area (Å²) in [6.45, 7) is 2.90. The largest absolute Gasteiger partial charge is 0.480 e. The van der Waals surface area contributed by atoms with Crippen LogP contribution in [0, 0.1) is 0 Å². The van der Waals surface area contributed by atoms with Crippen molar-refractivity contribution >= 4 is 45.9 Å². The van der Waals surface area contributed by atoms with Crippen LogP contribution in [0.25, 0.3) is 0 Å². The lowest BCUT2D eigenvalue weighted by Gasteiger charge is -2.38. The van der Waals surface area contributed by atoms with E-state index in [1.165, 1.54) is 10.4 Å². The zero-order valence-corrected chi connectivity index (χ0v) is 15.3. The normalized spacial score (nSPS) is 21.0. The lowest BCUT2D eigenvalue weighted by Crippen LogP contribution is -2.40. The molecule has 1 aromatic carbocycles. The molecule has 3 rings (SSSR count). The second-order valence-corrected chi connectivity index (χ2v) is 6.74. The summed E-state index contributed by atoms with van der Waals surface area (Å²) in [5.74, 6) is -0.462. The number of rotatable bonds is 3. The summed E-state index contributed by atoms with van der Waals surface area (Å²) in [6.07, 6.45) is 0. The number of benzene rings is 1. The Morgan fingerprint density at radius 2 is 2.09 bits per heavy atom. The van der Waals surface area contributed by atoms with Gasteiger partial charge in [0.25, 0.3) is 0 Å². The fourth-order valence-electron chi connectivity index (χ4n) is 3.08. The van der Waals surface area contributed by atoms with Crippen LogP contribution in [-0.4, -0.2) is 29.1 Å². The average Bonchev–Trinajstić information content (AvgIpc) is 2.89. The van der Waals surface area contributed by atoms with Crippen LogP contribution in [0.3, 0.4) is 0 Å². The van der Waals surface area contributed by atoms with Gasteiger partial charge in [0, 0.05) is 22.4 Å². The van der Waals surface area contributed by atoms with Gasteiger partial charge in [-0.1, -0.05) is 36.7 Å². The molecule has 0 spiro atoms. The summed E-state index contributed by atoms with van der Waals surface area (Å²) in [6, 6.07) is 9.71. The summed E-state index contributed by atoms with van der Waals surface area (Å²) in [4.78, 5) is 14.6. The second-order valence-electron chi connectivity index (χ2n) is 5.39. The fourth-order valence-corrected chi connectivity index (χ4v) is 4.31. The Morgan fingerprint density at radius 1 is 1.36 bits per heavy atom. The minimum atomic E-state index is -0.807. The molecule has 1 aliphatic heterocycles. The molecule has 1 aliphatic rings. The highest BCUT2D eigenvalue weighted by Crippen LogP contribution is 2.43. The predicted octanol–water partition coefficient (Wildman–Crippen LogP) is 4.57. The molecular weight excluding hydrogens is 386 g/mol. The van der Waals surface area contributed by atoms with Gasteiger partial charge in [-0.15, -0.1) is 28.3 Å². The van der Waals surface area contributed by atoms with E-state index >= 15 is 0 Å². The van der Waals surface area contributed by atoms with Gasteiger partial charge in [0.2, 0.25) is 0 Å². The van der Waals surface area contributed by atoms with Crippen molar-refractivity contribution in [2.45, 2.75) is 18.9 Å². The standard InChI is InChI=1S/C16H16ClNO2S.BrH/c1-10-8-18(9-14(19)20)15(12-6-7-21-16(10)12)11-4-2-3-5-13(11)17;/h2-7,10,15H,8-9H2,1H3,(H,19,20);1H/t10?,15-;/m1./s1. The van der Waals surface area contributed by atoms with Gasteiger partial charge in [-0.05, 0) is 28.6 Å². The number of aliphatic carboxylic acids is 1. The van der Waals surface area contributed by atoms with E-state index in [-0.39, 0.29) is 29.6 Å². The number of carboxylic acids is 1. The van der Waals surface area contributed by atoms with E-state index < -0.39 is 5.97 Å². The van der Waals surface area contributed by atoms with Gasteiger partial charge < -0.3 is 5.11 Å². The molecule has 1 unspecified atom stereocenters. The summed E-state index contributed by atoms with van der Waals surface area (Å²) >= 11 is 8.10.